The van der Waals surface area contributed by atoms with Crippen LogP contribution in [0.25, 0.3) is 11.3 Å². The molecule has 6 nitrogen and oxygen atoms in total. The van der Waals surface area contributed by atoms with E-state index in [1.54, 1.807) is 37.3 Å². The van der Waals surface area contributed by atoms with Crippen molar-refractivity contribution in [2.75, 3.05) is 11.5 Å². The van der Waals surface area contributed by atoms with Crippen molar-refractivity contribution in [3.05, 3.63) is 71.4 Å². The third-order valence-corrected chi connectivity index (χ3v) is 4.30. The van der Waals surface area contributed by atoms with Crippen LogP contribution in [0.2, 0.25) is 5.02 Å². The largest absolute Gasteiger partial charge is 0.447 e. The number of carbonyl (C=O) groups is 1. The maximum absolute atomic E-state index is 12.9. The normalized spacial score (nSPS) is 12.3. The summed E-state index contributed by atoms with van der Waals surface area (Å²) in [5.74, 6) is -0.0769. The number of nitrogens with two attached hydrogens (primary N) is 1. The first-order valence-corrected chi connectivity index (χ1v) is 9.51. The fourth-order valence-corrected chi connectivity index (χ4v) is 2.82. The number of ether oxygens (including phenoxy) is 1. The molecule has 0 aliphatic carbocycles. The molecular formula is C21H18ClF3N4O2. The SMILES string of the molecule is C[C@H](N)COC(=O)N(c1ccc(C(F)(F)F)cc1)c1nccc(-c2cccc(Cl)c2)n1. The molecule has 0 saturated carbocycles. The summed E-state index contributed by atoms with van der Waals surface area (Å²) in [6, 6.07) is 12.1. The summed E-state index contributed by atoms with van der Waals surface area (Å²) in [5.41, 5.74) is 6.02. The zero-order valence-electron chi connectivity index (χ0n) is 16.3. The predicted octanol–water partition coefficient (Wildman–Crippen LogP) is 5.44. The van der Waals surface area contributed by atoms with Crippen LogP contribution in [0.3, 0.4) is 0 Å². The Hall–Kier alpha value is -3.17. The van der Waals surface area contributed by atoms with E-state index in [1.165, 1.54) is 6.20 Å². The fourth-order valence-electron chi connectivity index (χ4n) is 2.63. The lowest BCUT2D eigenvalue weighted by Gasteiger charge is -2.22. The molecule has 31 heavy (non-hydrogen) atoms. The molecule has 0 radical (unpaired) electrons. The first-order chi connectivity index (χ1) is 14.6. The molecule has 2 N–H and O–H groups in total. The van der Waals surface area contributed by atoms with Crippen molar-refractivity contribution in [2.24, 2.45) is 5.73 Å². The van der Waals surface area contributed by atoms with E-state index in [2.05, 4.69) is 9.97 Å². The molecule has 1 atom stereocenters. The van der Waals surface area contributed by atoms with Crippen molar-refractivity contribution >= 4 is 29.3 Å². The zero-order chi connectivity index (χ0) is 22.6. The average Bonchev–Trinajstić information content (AvgIpc) is 2.72. The summed E-state index contributed by atoms with van der Waals surface area (Å²) in [6.07, 6.45) is -3.96. The van der Waals surface area contributed by atoms with E-state index in [4.69, 9.17) is 22.1 Å². The Balaban J connectivity index is 2.02. The quantitative estimate of drug-likeness (QED) is 0.560. The maximum Gasteiger partial charge on any atom is 0.421 e. The van der Waals surface area contributed by atoms with E-state index in [-0.39, 0.29) is 18.2 Å². The van der Waals surface area contributed by atoms with Gasteiger partial charge in [0, 0.05) is 22.8 Å². The highest BCUT2D eigenvalue weighted by molar-refractivity contribution is 6.30. The van der Waals surface area contributed by atoms with E-state index in [0.717, 1.165) is 29.2 Å². The summed E-state index contributed by atoms with van der Waals surface area (Å²) in [4.78, 5) is 22.2. The molecule has 10 heteroatoms. The maximum atomic E-state index is 12.9. The molecule has 1 heterocycles. The Labute approximate surface area is 181 Å². The minimum absolute atomic E-state index is 0.0769. The number of anilines is 2. The second kappa shape index (κ2) is 9.32. The minimum atomic E-state index is -4.51. The van der Waals surface area contributed by atoms with Gasteiger partial charge >= 0.3 is 12.3 Å². The van der Waals surface area contributed by atoms with Crippen LogP contribution < -0.4 is 10.6 Å². The molecular weight excluding hydrogens is 433 g/mol. The number of alkyl halides is 3. The summed E-state index contributed by atoms with van der Waals surface area (Å²) in [7, 11) is 0. The van der Waals surface area contributed by atoms with Gasteiger partial charge in [-0.25, -0.2) is 19.7 Å². The third-order valence-electron chi connectivity index (χ3n) is 4.07. The molecule has 0 bridgehead atoms. The molecule has 3 aromatic rings. The second-order valence-corrected chi connectivity index (χ2v) is 7.12. The number of halogens is 4. The Morgan fingerprint density at radius 2 is 1.90 bits per heavy atom. The van der Waals surface area contributed by atoms with Crippen LogP contribution in [0.5, 0.6) is 0 Å². The van der Waals surface area contributed by atoms with Gasteiger partial charge in [0.25, 0.3) is 0 Å². The number of hydrogen-bond acceptors (Lipinski definition) is 5. The highest BCUT2D eigenvalue weighted by Crippen LogP contribution is 2.32. The fraction of sp³-hybridized carbons (Fsp3) is 0.190. The van der Waals surface area contributed by atoms with Gasteiger partial charge < -0.3 is 10.5 Å². The average molecular weight is 451 g/mol. The van der Waals surface area contributed by atoms with Crippen LogP contribution in [0.1, 0.15) is 12.5 Å². The number of aromatic nitrogens is 2. The zero-order valence-corrected chi connectivity index (χ0v) is 17.1. The number of nitrogens with zero attached hydrogens (tertiary/aromatic N) is 3. The van der Waals surface area contributed by atoms with E-state index in [0.29, 0.717) is 16.3 Å². The van der Waals surface area contributed by atoms with Crippen molar-refractivity contribution < 1.29 is 22.7 Å². The molecule has 0 spiro atoms. The number of hydrogen-bond donors (Lipinski definition) is 1. The van der Waals surface area contributed by atoms with Crippen LogP contribution in [-0.4, -0.2) is 28.7 Å². The molecule has 162 valence electrons. The summed E-state index contributed by atoms with van der Waals surface area (Å²) in [5, 5.41) is 0.494. The van der Waals surface area contributed by atoms with Crippen LogP contribution in [-0.2, 0) is 10.9 Å². The third kappa shape index (κ3) is 5.71. The Kier molecular flexibility index (Phi) is 6.77. The Bertz CT molecular complexity index is 1060. The smallest absolute Gasteiger partial charge is 0.421 e. The van der Waals surface area contributed by atoms with Gasteiger partial charge in [-0.2, -0.15) is 13.2 Å². The van der Waals surface area contributed by atoms with Gasteiger partial charge in [-0.1, -0.05) is 23.7 Å². The van der Waals surface area contributed by atoms with Gasteiger partial charge in [-0.15, -0.1) is 0 Å². The van der Waals surface area contributed by atoms with Gasteiger partial charge in [0.15, 0.2) is 0 Å². The van der Waals surface area contributed by atoms with Crippen molar-refractivity contribution in [3.8, 4) is 11.3 Å². The monoisotopic (exact) mass is 450 g/mol. The van der Waals surface area contributed by atoms with E-state index >= 15 is 0 Å². The lowest BCUT2D eigenvalue weighted by atomic mass is 10.1. The molecule has 0 saturated heterocycles. The Morgan fingerprint density at radius 3 is 2.52 bits per heavy atom. The second-order valence-electron chi connectivity index (χ2n) is 6.69. The van der Waals surface area contributed by atoms with Crippen molar-refractivity contribution in [2.45, 2.75) is 19.1 Å². The van der Waals surface area contributed by atoms with Crippen LogP contribution >= 0.6 is 11.6 Å². The van der Waals surface area contributed by atoms with E-state index in [1.807, 2.05) is 0 Å². The predicted molar refractivity (Wildman–Crippen MR) is 111 cm³/mol. The number of rotatable bonds is 5. The summed E-state index contributed by atoms with van der Waals surface area (Å²) < 4.78 is 44.0. The van der Waals surface area contributed by atoms with Gasteiger partial charge in [0.05, 0.1) is 16.9 Å². The van der Waals surface area contributed by atoms with Gasteiger partial charge in [0.2, 0.25) is 5.95 Å². The molecule has 0 unspecified atom stereocenters. The number of amides is 1. The number of carbonyl (C=O) groups excluding carboxylic acids is 1. The first kappa shape index (κ1) is 22.5. The van der Waals surface area contributed by atoms with Crippen LogP contribution in [0.4, 0.5) is 29.6 Å². The highest BCUT2D eigenvalue weighted by atomic mass is 35.5. The van der Waals surface area contributed by atoms with Crippen molar-refractivity contribution in [1.82, 2.24) is 9.97 Å². The molecule has 0 aliphatic rings. The molecule has 3 rings (SSSR count). The van der Waals surface area contributed by atoms with E-state index < -0.39 is 23.9 Å². The Morgan fingerprint density at radius 1 is 1.19 bits per heavy atom. The number of benzene rings is 2. The lowest BCUT2D eigenvalue weighted by Crippen LogP contribution is -2.32. The molecule has 0 fully saturated rings. The van der Waals surface area contributed by atoms with Gasteiger partial charge in [-0.05, 0) is 49.4 Å². The summed E-state index contributed by atoms with van der Waals surface area (Å²) >= 11 is 6.03. The van der Waals surface area contributed by atoms with Gasteiger partial charge in [-0.3, -0.25) is 0 Å². The molecule has 1 aromatic heterocycles. The van der Waals surface area contributed by atoms with Crippen molar-refractivity contribution in [1.29, 1.82) is 0 Å². The first-order valence-electron chi connectivity index (χ1n) is 9.14. The summed E-state index contributed by atoms with van der Waals surface area (Å²) in [6.45, 7) is 1.55. The minimum Gasteiger partial charge on any atom is -0.447 e. The standard InChI is InChI=1S/C21H18ClF3N4O2/c1-13(26)12-31-20(30)29(17-7-5-15(6-8-17)21(23,24)25)19-27-10-9-18(28-19)14-3-2-4-16(22)11-14/h2-11,13H,12,26H2,1H3/t13-/m0/s1. The van der Waals surface area contributed by atoms with Crippen LogP contribution in [0.15, 0.2) is 60.8 Å². The van der Waals surface area contributed by atoms with E-state index in [9.17, 15) is 18.0 Å². The lowest BCUT2D eigenvalue weighted by molar-refractivity contribution is -0.137. The van der Waals surface area contributed by atoms with Crippen molar-refractivity contribution in [3.63, 3.8) is 0 Å². The topological polar surface area (TPSA) is 81.3 Å². The van der Waals surface area contributed by atoms with Crippen LogP contribution in [0, 0.1) is 0 Å². The van der Waals surface area contributed by atoms with Gasteiger partial charge in [0.1, 0.15) is 6.61 Å². The highest BCUT2D eigenvalue weighted by Gasteiger charge is 2.31. The molecule has 2 aromatic carbocycles. The molecule has 1 amide bonds. The molecule has 0 aliphatic heterocycles.